The Hall–Kier alpha value is -1.71. The lowest BCUT2D eigenvalue weighted by atomic mass is 10.2. The quantitative estimate of drug-likeness (QED) is 0.646. The Morgan fingerprint density at radius 2 is 1.81 bits per heavy atom. The van der Waals surface area contributed by atoms with Gasteiger partial charge in [-0.3, -0.25) is 0 Å². The van der Waals surface area contributed by atoms with Crippen LogP contribution in [0, 0.1) is 0 Å². The second-order valence-electron chi connectivity index (χ2n) is 4.38. The van der Waals surface area contributed by atoms with E-state index in [0.29, 0.717) is 14.9 Å². The standard InChI is InChI=1S/C15H10Cl2N2OS/c16-11-5-12(17)7-14(6-11)21(9-20)19-13-2-1-10-3-4-18-15(10)8-13/h1-8,18-19H. The van der Waals surface area contributed by atoms with E-state index < -0.39 is 10.7 Å². The predicted molar refractivity (Wildman–Crippen MR) is 89.9 cm³/mol. The lowest BCUT2D eigenvalue weighted by molar-refractivity contribution is 0.572. The molecule has 3 aromatic rings. The molecule has 1 atom stereocenters. The van der Waals surface area contributed by atoms with Gasteiger partial charge in [0.1, 0.15) is 0 Å². The number of halogens is 2. The van der Waals surface area contributed by atoms with Gasteiger partial charge >= 0.3 is 0 Å². The van der Waals surface area contributed by atoms with Crippen molar-refractivity contribution in [3.05, 3.63) is 58.7 Å². The molecule has 0 bridgehead atoms. The first-order valence-corrected chi connectivity index (χ1v) is 8.06. The van der Waals surface area contributed by atoms with Crippen LogP contribution in [0.25, 0.3) is 10.9 Å². The van der Waals surface area contributed by atoms with E-state index >= 15 is 0 Å². The van der Waals surface area contributed by atoms with Gasteiger partial charge in [-0.25, -0.2) is 4.79 Å². The fourth-order valence-electron chi connectivity index (χ4n) is 2.00. The molecule has 2 N–H and O–H groups in total. The number of fused-ring (bicyclic) bond motifs is 1. The van der Waals surface area contributed by atoms with Crippen LogP contribution in [-0.2, 0) is 4.79 Å². The molecule has 3 nitrogen and oxygen atoms in total. The van der Waals surface area contributed by atoms with E-state index in [1.165, 1.54) is 0 Å². The highest BCUT2D eigenvalue weighted by atomic mass is 35.5. The number of hydrogen-bond acceptors (Lipinski definition) is 2. The van der Waals surface area contributed by atoms with Crippen LogP contribution < -0.4 is 4.72 Å². The lowest BCUT2D eigenvalue weighted by Crippen LogP contribution is -1.91. The van der Waals surface area contributed by atoms with E-state index in [-0.39, 0.29) is 0 Å². The number of anilines is 1. The van der Waals surface area contributed by atoms with Gasteiger partial charge in [0.15, 0.2) is 5.23 Å². The van der Waals surface area contributed by atoms with E-state index in [0.717, 1.165) is 16.6 Å². The number of H-pyrrole nitrogens is 1. The van der Waals surface area contributed by atoms with Gasteiger partial charge in [0.2, 0.25) is 0 Å². The summed E-state index contributed by atoms with van der Waals surface area (Å²) in [6.45, 7) is 0. The third kappa shape index (κ3) is 3.14. The summed E-state index contributed by atoms with van der Waals surface area (Å²) in [6, 6.07) is 12.9. The van der Waals surface area contributed by atoms with Gasteiger partial charge in [-0.2, -0.15) is 0 Å². The molecule has 0 aliphatic carbocycles. The smallest absolute Gasteiger partial charge is 0.181 e. The minimum absolute atomic E-state index is 0.492. The van der Waals surface area contributed by atoms with Gasteiger partial charge in [0.05, 0.1) is 0 Å². The van der Waals surface area contributed by atoms with Crippen molar-refractivity contribution in [2.24, 2.45) is 0 Å². The molecular formula is C15H10Cl2N2OS. The maximum atomic E-state index is 11.3. The van der Waals surface area contributed by atoms with E-state index in [1.54, 1.807) is 18.2 Å². The molecule has 1 heterocycles. The molecule has 0 saturated carbocycles. The second-order valence-corrected chi connectivity index (χ2v) is 6.70. The number of aromatic nitrogens is 1. The highest BCUT2D eigenvalue weighted by Crippen LogP contribution is 2.32. The molecule has 0 aliphatic heterocycles. The summed E-state index contributed by atoms with van der Waals surface area (Å²) in [4.78, 5) is 15.1. The molecule has 106 valence electrons. The molecule has 0 amide bonds. The number of benzene rings is 2. The van der Waals surface area contributed by atoms with Gasteiger partial charge in [-0.15, -0.1) is 0 Å². The number of rotatable bonds is 3. The van der Waals surface area contributed by atoms with Gasteiger partial charge < -0.3 is 9.71 Å². The zero-order valence-corrected chi connectivity index (χ0v) is 13.0. The van der Waals surface area contributed by atoms with Gasteiger partial charge in [-0.05, 0) is 41.8 Å². The molecule has 2 aromatic carbocycles. The van der Waals surface area contributed by atoms with Crippen molar-refractivity contribution in [2.45, 2.75) is 4.90 Å². The number of aromatic amines is 1. The Morgan fingerprint density at radius 3 is 2.52 bits per heavy atom. The fraction of sp³-hybridized carbons (Fsp3) is 0. The van der Waals surface area contributed by atoms with Crippen molar-refractivity contribution in [3.8, 4) is 0 Å². The number of hydrogen-bond donors (Lipinski definition) is 2. The van der Waals surface area contributed by atoms with Crippen LogP contribution in [0.4, 0.5) is 5.69 Å². The van der Waals surface area contributed by atoms with E-state index in [4.69, 9.17) is 23.2 Å². The molecule has 0 spiro atoms. The maximum absolute atomic E-state index is 11.3. The zero-order valence-electron chi connectivity index (χ0n) is 10.7. The first-order valence-electron chi connectivity index (χ1n) is 6.08. The highest BCUT2D eigenvalue weighted by molar-refractivity contribution is 8.15. The van der Waals surface area contributed by atoms with Gasteiger partial charge in [0, 0.05) is 43.0 Å². The molecule has 0 saturated heterocycles. The monoisotopic (exact) mass is 336 g/mol. The SMILES string of the molecule is O=C=S(Nc1ccc2cc[nH]c2c1)c1cc(Cl)cc(Cl)c1. The summed E-state index contributed by atoms with van der Waals surface area (Å²) in [5.74, 6) is 0. The minimum Gasteiger partial charge on any atom is -0.361 e. The Kier molecular flexibility index (Phi) is 4.04. The first-order chi connectivity index (χ1) is 10.2. The van der Waals surface area contributed by atoms with E-state index in [1.807, 2.05) is 35.7 Å². The molecule has 21 heavy (non-hydrogen) atoms. The average Bonchev–Trinajstić information content (AvgIpc) is 2.91. The predicted octanol–water partition coefficient (Wildman–Crippen LogP) is 5.20. The summed E-state index contributed by atoms with van der Waals surface area (Å²) in [5.41, 5.74) is 1.83. The molecule has 0 fully saturated rings. The van der Waals surface area contributed by atoms with Crippen LogP contribution in [0.15, 0.2) is 53.6 Å². The zero-order chi connectivity index (χ0) is 14.8. The van der Waals surface area contributed by atoms with Crippen molar-refractivity contribution < 1.29 is 4.79 Å². The Morgan fingerprint density at radius 1 is 1.05 bits per heavy atom. The first kappa shape index (κ1) is 14.2. The Balaban J connectivity index is 1.95. The molecular weight excluding hydrogens is 327 g/mol. The second kappa shape index (κ2) is 5.96. The van der Waals surface area contributed by atoms with Crippen LogP contribution in [0.2, 0.25) is 10.0 Å². The van der Waals surface area contributed by atoms with Gasteiger partial charge in [0.25, 0.3) is 0 Å². The highest BCUT2D eigenvalue weighted by Gasteiger charge is 2.06. The van der Waals surface area contributed by atoms with Crippen molar-refractivity contribution in [1.29, 1.82) is 0 Å². The molecule has 0 aliphatic rings. The summed E-state index contributed by atoms with van der Waals surface area (Å²) < 4.78 is 3.15. The van der Waals surface area contributed by atoms with Crippen LogP contribution >= 0.6 is 33.9 Å². The molecule has 1 aromatic heterocycles. The third-order valence-corrected chi connectivity index (χ3v) is 4.68. The summed E-state index contributed by atoms with van der Waals surface area (Å²) >= 11 is 12.0. The van der Waals surface area contributed by atoms with Crippen molar-refractivity contribution in [3.63, 3.8) is 0 Å². The lowest BCUT2D eigenvalue weighted by Gasteiger charge is -2.10. The molecule has 3 rings (SSSR count). The number of carbonyl (C=O) groups excluding carboxylic acids is 1. The van der Waals surface area contributed by atoms with E-state index in [9.17, 15) is 4.79 Å². The molecule has 0 radical (unpaired) electrons. The Bertz CT molecular complexity index is 849. The van der Waals surface area contributed by atoms with Crippen molar-refractivity contribution in [2.75, 3.05) is 4.72 Å². The summed E-state index contributed by atoms with van der Waals surface area (Å²) in [6.07, 6.45) is 1.87. The molecule has 6 heteroatoms. The van der Waals surface area contributed by atoms with Crippen LogP contribution in [-0.4, -0.2) is 10.2 Å². The average molecular weight is 337 g/mol. The topological polar surface area (TPSA) is 44.9 Å². The third-order valence-electron chi connectivity index (χ3n) is 2.93. The van der Waals surface area contributed by atoms with Crippen LogP contribution in [0.5, 0.6) is 0 Å². The number of nitrogens with one attached hydrogen (secondary N) is 2. The van der Waals surface area contributed by atoms with Crippen LogP contribution in [0.3, 0.4) is 0 Å². The van der Waals surface area contributed by atoms with Gasteiger partial charge in [-0.1, -0.05) is 29.3 Å². The maximum Gasteiger partial charge on any atom is 0.181 e. The fourth-order valence-corrected chi connectivity index (χ4v) is 3.77. The van der Waals surface area contributed by atoms with Crippen molar-refractivity contribution in [1.82, 2.24) is 4.98 Å². The van der Waals surface area contributed by atoms with Crippen molar-refractivity contribution >= 4 is 55.7 Å². The molecule has 1 unspecified atom stereocenters. The summed E-state index contributed by atoms with van der Waals surface area (Å²) in [5, 5.41) is 4.10. The van der Waals surface area contributed by atoms with Crippen LogP contribution in [0.1, 0.15) is 0 Å². The Labute approximate surface area is 133 Å². The normalized spacial score (nSPS) is 12.1. The van der Waals surface area contributed by atoms with E-state index in [2.05, 4.69) is 9.71 Å². The largest absolute Gasteiger partial charge is 0.361 e. The minimum atomic E-state index is -0.935. The summed E-state index contributed by atoms with van der Waals surface area (Å²) in [7, 11) is -0.935.